The zero-order valence-corrected chi connectivity index (χ0v) is 13.4. The Morgan fingerprint density at radius 3 is 2.85 bits per heavy atom. The molecule has 2 heterocycles. The second-order valence-corrected chi connectivity index (χ2v) is 6.81. The fraction of sp³-hybridized carbons (Fsp3) is 0.750. The second-order valence-electron chi connectivity index (χ2n) is 6.81. The maximum Gasteiger partial charge on any atom is 0.118 e. The predicted molar refractivity (Wildman–Crippen MR) is 80.6 cm³/mol. The normalized spacial score (nSPS) is 23.4. The molecule has 4 heteroatoms. The summed E-state index contributed by atoms with van der Waals surface area (Å²) in [7, 11) is 0. The first-order chi connectivity index (χ1) is 9.34. The van der Waals surface area contributed by atoms with Crippen molar-refractivity contribution in [2.75, 3.05) is 13.1 Å². The first kappa shape index (κ1) is 15.5. The number of nitrogens with one attached hydrogen (secondary N) is 1. The van der Waals surface area contributed by atoms with E-state index < -0.39 is 0 Å². The Balaban J connectivity index is 1.90. The van der Waals surface area contributed by atoms with E-state index in [2.05, 4.69) is 50.9 Å². The summed E-state index contributed by atoms with van der Waals surface area (Å²) in [5, 5.41) is 3.41. The van der Waals surface area contributed by atoms with Crippen molar-refractivity contribution in [1.82, 2.24) is 10.2 Å². The molecule has 1 aromatic heterocycles. The van der Waals surface area contributed by atoms with Gasteiger partial charge in [-0.25, -0.2) is 0 Å². The van der Waals surface area contributed by atoms with Crippen LogP contribution in [0.25, 0.3) is 0 Å². The highest BCUT2D eigenvalue weighted by Crippen LogP contribution is 2.22. The standard InChI is InChI=1S/C16H28N2O2/c1-12(2)17-7-14-6-15(19-10-14)9-18-8-13(3)20-16(4,5)11-18/h6,10,12-13,17H,7-9,11H2,1-5H3. The summed E-state index contributed by atoms with van der Waals surface area (Å²) >= 11 is 0. The van der Waals surface area contributed by atoms with Crippen LogP contribution in [0.3, 0.4) is 0 Å². The summed E-state index contributed by atoms with van der Waals surface area (Å²) in [6.45, 7) is 14.4. The maximum atomic E-state index is 5.93. The van der Waals surface area contributed by atoms with E-state index in [4.69, 9.17) is 9.15 Å². The molecule has 114 valence electrons. The van der Waals surface area contributed by atoms with Gasteiger partial charge in [-0.2, -0.15) is 0 Å². The molecule has 2 rings (SSSR count). The van der Waals surface area contributed by atoms with E-state index in [0.717, 1.165) is 31.9 Å². The minimum absolute atomic E-state index is 0.0771. The first-order valence-corrected chi connectivity index (χ1v) is 7.54. The summed E-state index contributed by atoms with van der Waals surface area (Å²) in [6, 6.07) is 2.65. The summed E-state index contributed by atoms with van der Waals surface area (Å²) in [6.07, 6.45) is 2.13. The van der Waals surface area contributed by atoms with E-state index in [0.29, 0.717) is 6.04 Å². The van der Waals surface area contributed by atoms with Crippen molar-refractivity contribution in [3.63, 3.8) is 0 Å². The van der Waals surface area contributed by atoms with Crippen LogP contribution in [0.15, 0.2) is 16.7 Å². The molecule has 1 aliphatic heterocycles. The smallest absolute Gasteiger partial charge is 0.118 e. The number of morpholine rings is 1. The van der Waals surface area contributed by atoms with Crippen LogP contribution in [0, 0.1) is 0 Å². The second kappa shape index (κ2) is 6.29. The summed E-state index contributed by atoms with van der Waals surface area (Å²) in [5.41, 5.74) is 1.14. The summed E-state index contributed by atoms with van der Waals surface area (Å²) in [5.74, 6) is 1.04. The number of rotatable bonds is 5. The molecule has 1 N–H and O–H groups in total. The van der Waals surface area contributed by atoms with Crippen molar-refractivity contribution < 1.29 is 9.15 Å². The van der Waals surface area contributed by atoms with Crippen LogP contribution < -0.4 is 5.32 Å². The van der Waals surface area contributed by atoms with Gasteiger partial charge in [0, 0.05) is 31.2 Å². The number of hydrogen-bond donors (Lipinski definition) is 1. The lowest BCUT2D eigenvalue weighted by Gasteiger charge is -2.41. The van der Waals surface area contributed by atoms with Gasteiger partial charge >= 0.3 is 0 Å². The van der Waals surface area contributed by atoms with Crippen LogP contribution in [0.4, 0.5) is 0 Å². The lowest BCUT2D eigenvalue weighted by molar-refractivity contribution is -0.131. The van der Waals surface area contributed by atoms with Crippen molar-refractivity contribution in [2.24, 2.45) is 0 Å². The SMILES string of the molecule is CC(C)NCc1coc(CN2CC(C)OC(C)(C)C2)c1. The van der Waals surface area contributed by atoms with E-state index in [1.807, 2.05) is 6.26 Å². The van der Waals surface area contributed by atoms with Crippen molar-refractivity contribution in [3.8, 4) is 0 Å². The highest BCUT2D eigenvalue weighted by molar-refractivity contribution is 5.13. The lowest BCUT2D eigenvalue weighted by Crippen LogP contribution is -2.51. The van der Waals surface area contributed by atoms with E-state index in [1.165, 1.54) is 5.56 Å². The molecule has 0 radical (unpaired) electrons. The van der Waals surface area contributed by atoms with Crippen LogP contribution in [-0.2, 0) is 17.8 Å². The Kier molecular flexibility index (Phi) is 4.89. The van der Waals surface area contributed by atoms with Crippen molar-refractivity contribution in [1.29, 1.82) is 0 Å². The topological polar surface area (TPSA) is 37.6 Å². The zero-order chi connectivity index (χ0) is 14.8. The predicted octanol–water partition coefficient (Wildman–Crippen LogP) is 2.78. The quantitative estimate of drug-likeness (QED) is 0.900. The Morgan fingerprint density at radius 1 is 1.45 bits per heavy atom. The van der Waals surface area contributed by atoms with Crippen LogP contribution in [0.2, 0.25) is 0 Å². The monoisotopic (exact) mass is 280 g/mol. The Hall–Kier alpha value is -0.840. The highest BCUT2D eigenvalue weighted by Gasteiger charge is 2.31. The fourth-order valence-electron chi connectivity index (χ4n) is 2.85. The Morgan fingerprint density at radius 2 is 2.20 bits per heavy atom. The molecule has 1 fully saturated rings. The third-order valence-corrected chi connectivity index (χ3v) is 3.44. The van der Waals surface area contributed by atoms with Gasteiger partial charge in [0.2, 0.25) is 0 Å². The molecule has 0 bridgehead atoms. The van der Waals surface area contributed by atoms with Gasteiger partial charge in [-0.3, -0.25) is 4.90 Å². The van der Waals surface area contributed by atoms with E-state index in [9.17, 15) is 0 Å². The molecular weight excluding hydrogens is 252 g/mol. The molecule has 20 heavy (non-hydrogen) atoms. The first-order valence-electron chi connectivity index (χ1n) is 7.54. The van der Waals surface area contributed by atoms with E-state index >= 15 is 0 Å². The molecule has 0 amide bonds. The minimum Gasteiger partial charge on any atom is -0.468 e. The van der Waals surface area contributed by atoms with Crippen LogP contribution >= 0.6 is 0 Å². The third kappa shape index (κ3) is 4.62. The largest absolute Gasteiger partial charge is 0.468 e. The van der Waals surface area contributed by atoms with Crippen LogP contribution in [-0.4, -0.2) is 35.7 Å². The molecule has 0 aliphatic carbocycles. The molecule has 1 aromatic rings. The van der Waals surface area contributed by atoms with E-state index in [1.54, 1.807) is 0 Å². The molecule has 4 nitrogen and oxygen atoms in total. The van der Waals surface area contributed by atoms with Crippen molar-refractivity contribution >= 4 is 0 Å². The van der Waals surface area contributed by atoms with Crippen LogP contribution in [0.5, 0.6) is 0 Å². The van der Waals surface area contributed by atoms with Gasteiger partial charge in [0.25, 0.3) is 0 Å². The van der Waals surface area contributed by atoms with Crippen molar-refractivity contribution in [2.45, 2.75) is 65.5 Å². The van der Waals surface area contributed by atoms with Gasteiger partial charge in [-0.05, 0) is 26.8 Å². The lowest BCUT2D eigenvalue weighted by atomic mass is 10.1. The average molecular weight is 280 g/mol. The average Bonchev–Trinajstić information content (AvgIpc) is 2.71. The molecule has 1 unspecified atom stereocenters. The Labute approximate surface area is 122 Å². The van der Waals surface area contributed by atoms with Gasteiger partial charge in [0.1, 0.15) is 5.76 Å². The van der Waals surface area contributed by atoms with Gasteiger partial charge in [-0.1, -0.05) is 13.8 Å². The highest BCUT2D eigenvalue weighted by atomic mass is 16.5. The fourth-order valence-corrected chi connectivity index (χ4v) is 2.85. The zero-order valence-electron chi connectivity index (χ0n) is 13.4. The minimum atomic E-state index is -0.0771. The number of furan rings is 1. The number of nitrogens with zero attached hydrogens (tertiary/aromatic N) is 1. The molecule has 0 saturated carbocycles. The summed E-state index contributed by atoms with van der Waals surface area (Å²) in [4.78, 5) is 2.41. The third-order valence-electron chi connectivity index (χ3n) is 3.44. The van der Waals surface area contributed by atoms with E-state index in [-0.39, 0.29) is 11.7 Å². The van der Waals surface area contributed by atoms with Gasteiger partial charge in [-0.15, -0.1) is 0 Å². The molecule has 0 aromatic carbocycles. The van der Waals surface area contributed by atoms with Gasteiger partial charge in [0.15, 0.2) is 0 Å². The molecule has 0 spiro atoms. The molecular formula is C16H28N2O2. The number of hydrogen-bond acceptors (Lipinski definition) is 4. The molecule has 1 aliphatic rings. The van der Waals surface area contributed by atoms with Crippen LogP contribution in [0.1, 0.15) is 45.9 Å². The number of ether oxygens (including phenoxy) is 1. The summed E-state index contributed by atoms with van der Waals surface area (Å²) < 4.78 is 11.6. The molecule has 1 saturated heterocycles. The molecule has 1 atom stereocenters. The van der Waals surface area contributed by atoms with Gasteiger partial charge < -0.3 is 14.5 Å². The maximum absolute atomic E-state index is 5.93. The van der Waals surface area contributed by atoms with Gasteiger partial charge in [0.05, 0.1) is 24.5 Å². The Bertz CT molecular complexity index is 426. The van der Waals surface area contributed by atoms with Crippen molar-refractivity contribution in [3.05, 3.63) is 23.7 Å².